The van der Waals surface area contributed by atoms with Gasteiger partial charge in [-0.25, -0.2) is 9.78 Å². The first-order valence-electron chi connectivity index (χ1n) is 10.8. The zero-order valence-electron chi connectivity index (χ0n) is 18.0. The van der Waals surface area contributed by atoms with E-state index in [2.05, 4.69) is 10.3 Å². The van der Waals surface area contributed by atoms with Crippen molar-refractivity contribution < 1.29 is 19.4 Å². The van der Waals surface area contributed by atoms with E-state index in [0.29, 0.717) is 42.8 Å². The summed E-state index contributed by atoms with van der Waals surface area (Å²) in [5.74, 6) is -0.676. The van der Waals surface area contributed by atoms with Crippen LogP contribution in [0.25, 0.3) is 10.9 Å². The fourth-order valence-electron chi connectivity index (χ4n) is 3.63. The normalized spacial score (nSPS) is 10.7. The molecule has 0 spiro atoms. The van der Waals surface area contributed by atoms with Crippen LogP contribution < -0.4 is 10.1 Å². The molecular formula is C27H24N2O4. The number of carbonyl (C=O) groups excluding carboxylic acids is 1. The second-order valence-electron chi connectivity index (χ2n) is 7.62. The zero-order valence-corrected chi connectivity index (χ0v) is 18.0. The van der Waals surface area contributed by atoms with Gasteiger partial charge in [0.05, 0.1) is 0 Å². The van der Waals surface area contributed by atoms with Crippen molar-refractivity contribution in [2.24, 2.45) is 0 Å². The number of carboxylic acids is 1. The molecule has 1 heterocycles. The number of benzene rings is 3. The average Bonchev–Trinajstić information content (AvgIpc) is 2.86. The van der Waals surface area contributed by atoms with E-state index in [-0.39, 0.29) is 11.6 Å². The molecule has 0 saturated heterocycles. The van der Waals surface area contributed by atoms with Gasteiger partial charge in [0.2, 0.25) is 0 Å². The van der Waals surface area contributed by atoms with Gasteiger partial charge in [0.15, 0.2) is 0 Å². The highest BCUT2D eigenvalue weighted by atomic mass is 16.5. The Balaban J connectivity index is 1.50. The Labute approximate surface area is 191 Å². The lowest BCUT2D eigenvalue weighted by molar-refractivity contribution is 0.0690. The number of aryl methyl sites for hydroxylation is 1. The van der Waals surface area contributed by atoms with Crippen molar-refractivity contribution in [3.8, 4) is 5.75 Å². The van der Waals surface area contributed by atoms with Crippen LogP contribution in [0, 0.1) is 0 Å². The number of pyridine rings is 1. The summed E-state index contributed by atoms with van der Waals surface area (Å²) < 4.78 is 5.99. The van der Waals surface area contributed by atoms with E-state index in [4.69, 9.17) is 4.74 Å². The van der Waals surface area contributed by atoms with Crippen molar-refractivity contribution in [1.29, 1.82) is 0 Å². The largest absolute Gasteiger partial charge is 0.487 e. The number of ether oxygens (including phenoxy) is 1. The highest BCUT2D eigenvalue weighted by Crippen LogP contribution is 2.28. The van der Waals surface area contributed by atoms with Gasteiger partial charge in [-0.3, -0.25) is 4.79 Å². The van der Waals surface area contributed by atoms with Crippen LogP contribution in [0.5, 0.6) is 5.75 Å². The SMILES string of the molecule is O=C(NCCCc1cc(C(=O)O)nc2c(OCc3ccccc3)cccc12)c1ccccc1. The third kappa shape index (κ3) is 5.54. The number of hydrogen-bond acceptors (Lipinski definition) is 4. The molecule has 0 saturated carbocycles. The molecule has 4 rings (SSSR count). The van der Waals surface area contributed by atoms with Crippen molar-refractivity contribution >= 4 is 22.8 Å². The predicted molar refractivity (Wildman–Crippen MR) is 127 cm³/mol. The first-order valence-corrected chi connectivity index (χ1v) is 10.8. The van der Waals surface area contributed by atoms with E-state index in [1.807, 2.05) is 60.7 Å². The lowest BCUT2D eigenvalue weighted by atomic mass is 10.0. The van der Waals surface area contributed by atoms with E-state index < -0.39 is 5.97 Å². The molecule has 33 heavy (non-hydrogen) atoms. The molecule has 0 fully saturated rings. The van der Waals surface area contributed by atoms with Gasteiger partial charge in [-0.15, -0.1) is 0 Å². The van der Waals surface area contributed by atoms with Crippen LogP contribution in [0.2, 0.25) is 0 Å². The van der Waals surface area contributed by atoms with Gasteiger partial charge in [0, 0.05) is 17.5 Å². The van der Waals surface area contributed by atoms with E-state index >= 15 is 0 Å². The maximum atomic E-state index is 12.2. The van der Waals surface area contributed by atoms with Gasteiger partial charge in [-0.05, 0) is 48.2 Å². The summed E-state index contributed by atoms with van der Waals surface area (Å²) in [6.07, 6.45) is 1.25. The van der Waals surface area contributed by atoms with Crippen molar-refractivity contribution in [3.63, 3.8) is 0 Å². The minimum atomic E-state index is -1.09. The molecule has 3 aromatic carbocycles. The number of amides is 1. The van der Waals surface area contributed by atoms with Gasteiger partial charge in [-0.1, -0.05) is 60.7 Å². The van der Waals surface area contributed by atoms with Crippen LogP contribution in [-0.2, 0) is 13.0 Å². The number of carbonyl (C=O) groups is 2. The molecule has 0 aliphatic heterocycles. The Bertz CT molecular complexity index is 1260. The Kier molecular flexibility index (Phi) is 6.95. The molecule has 1 amide bonds. The number of aromatic carboxylic acids is 1. The molecular weight excluding hydrogens is 416 g/mol. The number of carboxylic acid groups (broad SMARTS) is 1. The predicted octanol–water partition coefficient (Wildman–Crippen LogP) is 4.87. The Morgan fingerprint density at radius 1 is 0.909 bits per heavy atom. The van der Waals surface area contributed by atoms with Crippen molar-refractivity contribution in [2.45, 2.75) is 19.4 Å². The second kappa shape index (κ2) is 10.4. The Hall–Kier alpha value is -4.19. The van der Waals surface area contributed by atoms with Crippen LogP contribution in [0.15, 0.2) is 84.9 Å². The van der Waals surface area contributed by atoms with E-state index in [9.17, 15) is 14.7 Å². The number of rotatable bonds is 9. The molecule has 0 atom stereocenters. The van der Waals surface area contributed by atoms with Gasteiger partial charge < -0.3 is 15.2 Å². The van der Waals surface area contributed by atoms with Crippen molar-refractivity contribution in [3.05, 3.63) is 107 Å². The molecule has 0 unspecified atom stereocenters. The summed E-state index contributed by atoms with van der Waals surface area (Å²) in [6.45, 7) is 0.837. The maximum absolute atomic E-state index is 12.2. The van der Waals surface area contributed by atoms with Gasteiger partial charge in [-0.2, -0.15) is 0 Å². The number of para-hydroxylation sites is 1. The zero-order chi connectivity index (χ0) is 23.0. The molecule has 4 aromatic rings. The van der Waals surface area contributed by atoms with Gasteiger partial charge >= 0.3 is 5.97 Å². The monoisotopic (exact) mass is 440 g/mol. The number of nitrogens with zero attached hydrogens (tertiary/aromatic N) is 1. The quantitative estimate of drug-likeness (QED) is 0.362. The number of nitrogens with one attached hydrogen (secondary N) is 1. The standard InChI is InChI=1S/C27H24N2O4/c30-26(20-11-5-2-6-12-20)28-16-8-13-21-17-23(27(31)32)29-25-22(21)14-7-15-24(25)33-18-19-9-3-1-4-10-19/h1-7,9-12,14-15,17H,8,13,16,18H2,(H,28,30)(H,31,32). The minimum absolute atomic E-state index is 0.0263. The summed E-state index contributed by atoms with van der Waals surface area (Å²) in [7, 11) is 0. The summed E-state index contributed by atoms with van der Waals surface area (Å²) in [6, 6.07) is 26.0. The first-order chi connectivity index (χ1) is 16.1. The highest BCUT2D eigenvalue weighted by molar-refractivity contribution is 5.94. The van der Waals surface area contributed by atoms with Gasteiger partial charge in [0.25, 0.3) is 5.91 Å². The molecule has 0 bridgehead atoms. The van der Waals surface area contributed by atoms with Crippen LogP contribution in [0.4, 0.5) is 0 Å². The molecule has 2 N–H and O–H groups in total. The lowest BCUT2D eigenvalue weighted by Gasteiger charge is -2.13. The fraction of sp³-hybridized carbons (Fsp3) is 0.148. The number of fused-ring (bicyclic) bond motifs is 1. The highest BCUT2D eigenvalue weighted by Gasteiger charge is 2.14. The smallest absolute Gasteiger partial charge is 0.354 e. The first kappa shape index (κ1) is 22.0. The summed E-state index contributed by atoms with van der Waals surface area (Å²) in [5, 5.41) is 13.3. The van der Waals surface area contributed by atoms with Crippen molar-refractivity contribution in [2.75, 3.05) is 6.54 Å². The second-order valence-corrected chi connectivity index (χ2v) is 7.62. The van der Waals surface area contributed by atoms with Crippen LogP contribution in [-0.4, -0.2) is 28.5 Å². The van der Waals surface area contributed by atoms with E-state index in [1.54, 1.807) is 24.3 Å². The molecule has 6 nitrogen and oxygen atoms in total. The fourth-order valence-corrected chi connectivity index (χ4v) is 3.63. The molecule has 0 aliphatic carbocycles. The third-order valence-corrected chi connectivity index (χ3v) is 5.29. The summed E-state index contributed by atoms with van der Waals surface area (Å²) in [4.78, 5) is 28.3. The Morgan fingerprint density at radius 3 is 2.36 bits per heavy atom. The topological polar surface area (TPSA) is 88.5 Å². The molecule has 6 heteroatoms. The summed E-state index contributed by atoms with van der Waals surface area (Å²) >= 11 is 0. The number of hydrogen-bond donors (Lipinski definition) is 2. The van der Waals surface area contributed by atoms with E-state index in [1.165, 1.54) is 0 Å². The third-order valence-electron chi connectivity index (χ3n) is 5.29. The number of aromatic nitrogens is 1. The molecule has 166 valence electrons. The van der Waals surface area contributed by atoms with Crippen molar-refractivity contribution in [1.82, 2.24) is 10.3 Å². The lowest BCUT2D eigenvalue weighted by Crippen LogP contribution is -2.24. The van der Waals surface area contributed by atoms with Crippen LogP contribution in [0.3, 0.4) is 0 Å². The van der Waals surface area contributed by atoms with E-state index in [0.717, 1.165) is 16.5 Å². The minimum Gasteiger partial charge on any atom is -0.487 e. The maximum Gasteiger partial charge on any atom is 0.354 e. The molecule has 1 aromatic heterocycles. The van der Waals surface area contributed by atoms with Crippen LogP contribution in [0.1, 0.15) is 38.4 Å². The van der Waals surface area contributed by atoms with Crippen LogP contribution >= 0.6 is 0 Å². The molecule has 0 radical (unpaired) electrons. The summed E-state index contributed by atoms with van der Waals surface area (Å²) in [5.41, 5.74) is 2.98. The molecule has 0 aliphatic rings. The average molecular weight is 440 g/mol. The Morgan fingerprint density at radius 2 is 1.64 bits per heavy atom. The van der Waals surface area contributed by atoms with Gasteiger partial charge in [0.1, 0.15) is 23.6 Å².